The second kappa shape index (κ2) is 6.89. The monoisotopic (exact) mass is 336 g/mol. The second-order valence-corrected chi connectivity index (χ2v) is 7.15. The van der Waals surface area contributed by atoms with E-state index in [4.69, 9.17) is 4.42 Å². The highest BCUT2D eigenvalue weighted by Crippen LogP contribution is 2.22. The molecule has 0 saturated carbocycles. The summed E-state index contributed by atoms with van der Waals surface area (Å²) >= 11 is 0. The number of nitrogens with zero attached hydrogens (tertiary/aromatic N) is 2. The molecule has 1 saturated heterocycles. The highest BCUT2D eigenvalue weighted by molar-refractivity contribution is 5.72. The third kappa shape index (κ3) is 3.54. The summed E-state index contributed by atoms with van der Waals surface area (Å²) in [4.78, 5) is 14.6. The molecule has 1 aliphatic heterocycles. The van der Waals surface area contributed by atoms with Gasteiger partial charge >= 0.3 is 5.76 Å². The quantitative estimate of drug-likeness (QED) is 0.727. The fourth-order valence-corrected chi connectivity index (χ4v) is 3.72. The lowest BCUT2D eigenvalue weighted by Gasteiger charge is -2.32. The van der Waals surface area contributed by atoms with Crippen molar-refractivity contribution in [3.8, 4) is 0 Å². The number of aromatic nitrogens is 1. The molecule has 25 heavy (non-hydrogen) atoms. The molecule has 4 heteroatoms. The van der Waals surface area contributed by atoms with Crippen molar-refractivity contribution in [3.05, 3.63) is 70.2 Å². The first-order valence-corrected chi connectivity index (χ1v) is 9.05. The minimum absolute atomic E-state index is 0.233. The molecule has 2 aromatic carbocycles. The third-order valence-electron chi connectivity index (χ3n) is 5.25. The molecule has 0 atom stereocenters. The minimum Gasteiger partial charge on any atom is -0.408 e. The maximum Gasteiger partial charge on any atom is 0.419 e. The number of hydrogen-bond donors (Lipinski definition) is 0. The van der Waals surface area contributed by atoms with Crippen molar-refractivity contribution in [1.82, 2.24) is 9.47 Å². The fraction of sp³-hybridized carbons (Fsp3) is 0.381. The van der Waals surface area contributed by atoms with Gasteiger partial charge in [-0.15, -0.1) is 0 Å². The number of likely N-dealkylation sites (tertiary alicyclic amines) is 1. The van der Waals surface area contributed by atoms with Crippen molar-refractivity contribution in [3.63, 3.8) is 0 Å². The van der Waals surface area contributed by atoms with Crippen LogP contribution in [0.25, 0.3) is 11.1 Å². The first-order chi connectivity index (χ1) is 12.2. The van der Waals surface area contributed by atoms with Gasteiger partial charge in [0.1, 0.15) is 0 Å². The second-order valence-electron chi connectivity index (χ2n) is 7.15. The van der Waals surface area contributed by atoms with Crippen LogP contribution in [0.3, 0.4) is 0 Å². The van der Waals surface area contributed by atoms with Gasteiger partial charge in [-0.2, -0.15) is 0 Å². The highest BCUT2D eigenvalue weighted by Gasteiger charge is 2.21. The Labute approximate surface area is 147 Å². The molecule has 4 nitrogen and oxygen atoms in total. The number of oxazole rings is 1. The molecule has 130 valence electrons. The van der Waals surface area contributed by atoms with Crippen LogP contribution in [0.2, 0.25) is 0 Å². The fourth-order valence-electron chi connectivity index (χ4n) is 3.72. The number of para-hydroxylation sites is 2. The zero-order chi connectivity index (χ0) is 17.2. The van der Waals surface area contributed by atoms with E-state index in [1.165, 1.54) is 11.1 Å². The van der Waals surface area contributed by atoms with Gasteiger partial charge < -0.3 is 4.42 Å². The lowest BCUT2D eigenvalue weighted by Crippen LogP contribution is -2.35. The Bertz CT molecular complexity index is 900. The number of fused-ring (bicyclic) bond motifs is 1. The zero-order valence-electron chi connectivity index (χ0n) is 14.6. The predicted molar refractivity (Wildman–Crippen MR) is 99.7 cm³/mol. The van der Waals surface area contributed by atoms with Crippen LogP contribution in [0, 0.1) is 12.8 Å². The molecular weight excluding hydrogens is 312 g/mol. The van der Waals surface area contributed by atoms with E-state index in [0.29, 0.717) is 11.5 Å². The number of piperidine rings is 1. The molecule has 0 bridgehead atoms. The van der Waals surface area contributed by atoms with E-state index in [0.717, 1.165) is 44.5 Å². The Morgan fingerprint density at radius 2 is 1.76 bits per heavy atom. The molecule has 4 rings (SSSR count). The summed E-state index contributed by atoms with van der Waals surface area (Å²) in [5, 5.41) is 0. The standard InChI is InChI=1S/C21H24N2O2/c1-16-6-8-17(9-7-16)14-22-12-10-18(11-13-22)15-23-19-4-2-3-5-20(19)25-21(23)24/h2-9,18H,10-15H2,1H3. The molecule has 3 aromatic rings. The molecule has 1 fully saturated rings. The van der Waals surface area contributed by atoms with Crippen LogP contribution in [0.5, 0.6) is 0 Å². The Kier molecular flexibility index (Phi) is 4.45. The Morgan fingerprint density at radius 3 is 2.52 bits per heavy atom. The average Bonchev–Trinajstić information content (AvgIpc) is 2.94. The average molecular weight is 336 g/mol. The maximum atomic E-state index is 12.1. The van der Waals surface area contributed by atoms with Crippen LogP contribution >= 0.6 is 0 Å². The normalized spacial score (nSPS) is 16.5. The van der Waals surface area contributed by atoms with E-state index in [1.54, 1.807) is 4.57 Å². The van der Waals surface area contributed by atoms with E-state index >= 15 is 0 Å². The number of aryl methyl sites for hydroxylation is 1. The first kappa shape index (κ1) is 16.2. The van der Waals surface area contributed by atoms with Gasteiger partial charge in [0, 0.05) is 13.1 Å². The molecule has 2 heterocycles. The van der Waals surface area contributed by atoms with Crippen LogP contribution in [0.15, 0.2) is 57.7 Å². The Morgan fingerprint density at radius 1 is 1.04 bits per heavy atom. The van der Waals surface area contributed by atoms with Crippen molar-refractivity contribution in [1.29, 1.82) is 0 Å². The van der Waals surface area contributed by atoms with E-state index in [9.17, 15) is 4.79 Å². The van der Waals surface area contributed by atoms with Gasteiger partial charge in [-0.1, -0.05) is 42.0 Å². The summed E-state index contributed by atoms with van der Waals surface area (Å²) in [6, 6.07) is 16.5. The van der Waals surface area contributed by atoms with Gasteiger partial charge in [0.05, 0.1) is 5.52 Å². The first-order valence-electron chi connectivity index (χ1n) is 9.05. The van der Waals surface area contributed by atoms with E-state index in [1.807, 2.05) is 24.3 Å². The summed E-state index contributed by atoms with van der Waals surface area (Å²) in [5.74, 6) is 0.302. The molecule has 0 unspecified atom stereocenters. The van der Waals surface area contributed by atoms with Gasteiger partial charge in [-0.3, -0.25) is 9.47 Å². The molecule has 0 spiro atoms. The molecule has 0 radical (unpaired) electrons. The maximum absolute atomic E-state index is 12.1. The van der Waals surface area contributed by atoms with E-state index < -0.39 is 0 Å². The van der Waals surface area contributed by atoms with Crippen LogP contribution in [0.4, 0.5) is 0 Å². The molecule has 0 amide bonds. The van der Waals surface area contributed by atoms with Gasteiger partial charge in [-0.25, -0.2) is 4.79 Å². The SMILES string of the molecule is Cc1ccc(CN2CCC(Cn3c(=O)oc4ccccc43)CC2)cc1. The lowest BCUT2D eigenvalue weighted by atomic mass is 9.96. The topological polar surface area (TPSA) is 38.4 Å². The number of benzene rings is 2. The molecule has 1 aromatic heterocycles. The summed E-state index contributed by atoms with van der Waals surface area (Å²) in [6.07, 6.45) is 2.25. The van der Waals surface area contributed by atoms with E-state index in [-0.39, 0.29) is 5.76 Å². The van der Waals surface area contributed by atoms with Crippen molar-refractivity contribution >= 4 is 11.1 Å². The Hall–Kier alpha value is -2.33. The molecule has 1 aliphatic rings. The number of rotatable bonds is 4. The van der Waals surface area contributed by atoms with Crippen molar-refractivity contribution in [2.45, 2.75) is 32.9 Å². The smallest absolute Gasteiger partial charge is 0.408 e. The van der Waals surface area contributed by atoms with Gasteiger partial charge in [0.15, 0.2) is 5.58 Å². The highest BCUT2D eigenvalue weighted by atomic mass is 16.4. The molecule has 0 aliphatic carbocycles. The summed E-state index contributed by atoms with van der Waals surface area (Å²) in [6.45, 7) is 6.07. The molecule has 0 N–H and O–H groups in total. The van der Waals surface area contributed by atoms with Crippen molar-refractivity contribution in [2.24, 2.45) is 5.92 Å². The Balaban J connectivity index is 1.38. The summed E-state index contributed by atoms with van der Waals surface area (Å²) < 4.78 is 7.15. The van der Waals surface area contributed by atoms with Gasteiger partial charge in [0.25, 0.3) is 0 Å². The van der Waals surface area contributed by atoms with Gasteiger partial charge in [0.2, 0.25) is 0 Å². The van der Waals surface area contributed by atoms with Crippen LogP contribution in [0.1, 0.15) is 24.0 Å². The number of hydrogen-bond acceptors (Lipinski definition) is 3. The third-order valence-corrected chi connectivity index (χ3v) is 5.25. The van der Waals surface area contributed by atoms with Crippen molar-refractivity contribution < 1.29 is 4.42 Å². The lowest BCUT2D eigenvalue weighted by molar-refractivity contribution is 0.166. The van der Waals surface area contributed by atoms with E-state index in [2.05, 4.69) is 36.1 Å². The van der Waals surface area contributed by atoms with Gasteiger partial charge in [-0.05, 0) is 56.5 Å². The summed E-state index contributed by atoms with van der Waals surface area (Å²) in [7, 11) is 0. The van der Waals surface area contributed by atoms with Crippen LogP contribution in [-0.2, 0) is 13.1 Å². The predicted octanol–water partition coefficient (Wildman–Crippen LogP) is 3.82. The zero-order valence-corrected chi connectivity index (χ0v) is 14.6. The largest absolute Gasteiger partial charge is 0.419 e. The summed E-state index contributed by atoms with van der Waals surface area (Å²) in [5.41, 5.74) is 4.28. The minimum atomic E-state index is -0.233. The van der Waals surface area contributed by atoms with Crippen LogP contribution in [-0.4, -0.2) is 22.6 Å². The van der Waals surface area contributed by atoms with Crippen molar-refractivity contribution in [2.75, 3.05) is 13.1 Å². The molecular formula is C21H24N2O2. The van der Waals surface area contributed by atoms with Crippen LogP contribution < -0.4 is 5.76 Å².